The van der Waals surface area contributed by atoms with Crippen molar-refractivity contribution >= 4 is 21.5 Å². The van der Waals surface area contributed by atoms with Gasteiger partial charge in [-0.3, -0.25) is 4.98 Å². The summed E-state index contributed by atoms with van der Waals surface area (Å²) in [6, 6.07) is 53.1. The topological polar surface area (TPSA) is 38.7 Å². The molecule has 3 nitrogen and oxygen atoms in total. The van der Waals surface area contributed by atoms with Crippen LogP contribution in [-0.2, 0) is 0 Å². The van der Waals surface area contributed by atoms with E-state index in [9.17, 15) is 0 Å². The van der Waals surface area contributed by atoms with Gasteiger partial charge in [0.25, 0.3) is 0 Å². The summed E-state index contributed by atoms with van der Waals surface area (Å²) < 4.78 is 0. The van der Waals surface area contributed by atoms with Crippen molar-refractivity contribution in [3.63, 3.8) is 0 Å². The van der Waals surface area contributed by atoms with Gasteiger partial charge in [-0.05, 0) is 55.9 Å². The summed E-state index contributed by atoms with van der Waals surface area (Å²) in [5.41, 5.74) is 9.56. The Kier molecular flexibility index (Phi) is 6.47. The third kappa shape index (κ3) is 4.81. The molecule has 0 unspecified atom stereocenters. The van der Waals surface area contributed by atoms with E-state index >= 15 is 0 Å². The molecular formula is C41H27N3. The first-order chi connectivity index (χ1) is 21.8. The molecule has 0 saturated heterocycles. The summed E-state index contributed by atoms with van der Waals surface area (Å²) in [6.45, 7) is 0. The molecule has 44 heavy (non-hydrogen) atoms. The van der Waals surface area contributed by atoms with Gasteiger partial charge < -0.3 is 0 Å². The van der Waals surface area contributed by atoms with Crippen molar-refractivity contribution in [3.8, 4) is 56.2 Å². The highest BCUT2D eigenvalue weighted by molar-refractivity contribution is 5.98. The first-order valence-electron chi connectivity index (χ1n) is 14.8. The Morgan fingerprint density at radius 1 is 0.364 bits per heavy atom. The van der Waals surface area contributed by atoms with Crippen LogP contribution in [0.5, 0.6) is 0 Å². The highest BCUT2D eigenvalue weighted by Crippen LogP contribution is 2.34. The molecule has 6 aromatic carbocycles. The van der Waals surface area contributed by atoms with Crippen molar-refractivity contribution in [1.29, 1.82) is 0 Å². The Morgan fingerprint density at radius 2 is 0.886 bits per heavy atom. The number of pyridine rings is 1. The predicted octanol–water partition coefficient (Wildman–Crippen LogP) is 10.5. The largest absolute Gasteiger partial charge is 0.264 e. The molecule has 0 radical (unpaired) electrons. The second-order valence-corrected chi connectivity index (χ2v) is 10.9. The lowest BCUT2D eigenvalue weighted by molar-refractivity contribution is 1.19. The number of nitrogens with zero attached hydrogens (tertiary/aromatic N) is 3. The fourth-order valence-electron chi connectivity index (χ4n) is 5.94. The molecule has 0 amide bonds. The SMILES string of the molecule is c1cncc(-c2ccc(-c3ccc(-c4cc(-c5cccc6ccccc56)nc(-c5cccc6ccccc56)n4)cc3)cc2)c1. The first-order valence-corrected chi connectivity index (χ1v) is 14.8. The normalized spacial score (nSPS) is 11.2. The molecule has 0 saturated carbocycles. The minimum Gasteiger partial charge on any atom is -0.264 e. The summed E-state index contributed by atoms with van der Waals surface area (Å²) in [6.07, 6.45) is 3.69. The number of fused-ring (bicyclic) bond motifs is 2. The van der Waals surface area contributed by atoms with E-state index in [2.05, 4.69) is 151 Å². The molecule has 0 bridgehead atoms. The van der Waals surface area contributed by atoms with Crippen LogP contribution < -0.4 is 0 Å². The van der Waals surface area contributed by atoms with E-state index < -0.39 is 0 Å². The molecule has 0 atom stereocenters. The van der Waals surface area contributed by atoms with E-state index in [0.717, 1.165) is 56.0 Å². The quantitative estimate of drug-likeness (QED) is 0.210. The summed E-state index contributed by atoms with van der Waals surface area (Å²) in [7, 11) is 0. The molecule has 0 spiro atoms. The Morgan fingerprint density at radius 3 is 1.52 bits per heavy atom. The maximum Gasteiger partial charge on any atom is 0.161 e. The van der Waals surface area contributed by atoms with E-state index in [1.54, 1.807) is 6.20 Å². The third-order valence-electron chi connectivity index (χ3n) is 8.22. The summed E-state index contributed by atoms with van der Waals surface area (Å²) in [5, 5.41) is 4.68. The van der Waals surface area contributed by atoms with Crippen LogP contribution in [0.4, 0.5) is 0 Å². The maximum absolute atomic E-state index is 5.18. The van der Waals surface area contributed by atoms with E-state index in [1.165, 1.54) is 21.7 Å². The van der Waals surface area contributed by atoms with Gasteiger partial charge in [0, 0.05) is 29.1 Å². The van der Waals surface area contributed by atoms with Crippen LogP contribution in [0.1, 0.15) is 0 Å². The minimum absolute atomic E-state index is 0.720. The highest BCUT2D eigenvalue weighted by Gasteiger charge is 2.14. The zero-order valence-corrected chi connectivity index (χ0v) is 23.9. The van der Waals surface area contributed by atoms with Crippen LogP contribution in [0, 0.1) is 0 Å². The van der Waals surface area contributed by atoms with E-state index in [4.69, 9.17) is 9.97 Å². The molecule has 0 aliphatic carbocycles. The van der Waals surface area contributed by atoms with E-state index in [1.807, 2.05) is 12.3 Å². The van der Waals surface area contributed by atoms with Crippen LogP contribution >= 0.6 is 0 Å². The molecular weight excluding hydrogens is 534 g/mol. The summed E-state index contributed by atoms with van der Waals surface area (Å²) >= 11 is 0. The molecule has 2 heterocycles. The van der Waals surface area contributed by atoms with Gasteiger partial charge in [-0.2, -0.15) is 0 Å². The second-order valence-electron chi connectivity index (χ2n) is 10.9. The Hall–Kier alpha value is -5.93. The van der Waals surface area contributed by atoms with Crippen molar-refractivity contribution in [3.05, 3.63) is 164 Å². The van der Waals surface area contributed by atoms with Gasteiger partial charge in [0.15, 0.2) is 5.82 Å². The molecule has 3 heteroatoms. The lowest BCUT2D eigenvalue weighted by atomic mass is 9.98. The summed E-state index contributed by atoms with van der Waals surface area (Å²) in [5.74, 6) is 0.720. The van der Waals surface area contributed by atoms with Crippen LogP contribution in [0.3, 0.4) is 0 Å². The second kappa shape index (κ2) is 11.0. The smallest absolute Gasteiger partial charge is 0.161 e. The monoisotopic (exact) mass is 561 g/mol. The van der Waals surface area contributed by atoms with Crippen LogP contribution in [-0.4, -0.2) is 15.0 Å². The molecule has 0 aliphatic rings. The average Bonchev–Trinajstić information content (AvgIpc) is 3.11. The van der Waals surface area contributed by atoms with Gasteiger partial charge in [-0.25, -0.2) is 9.97 Å². The van der Waals surface area contributed by atoms with Crippen molar-refractivity contribution in [2.24, 2.45) is 0 Å². The molecule has 8 rings (SSSR count). The van der Waals surface area contributed by atoms with Crippen molar-refractivity contribution < 1.29 is 0 Å². The van der Waals surface area contributed by atoms with Crippen LogP contribution in [0.15, 0.2) is 164 Å². The molecule has 0 fully saturated rings. The number of hydrogen-bond acceptors (Lipinski definition) is 3. The predicted molar refractivity (Wildman–Crippen MR) is 182 cm³/mol. The molecule has 0 aliphatic heterocycles. The maximum atomic E-state index is 5.18. The zero-order valence-electron chi connectivity index (χ0n) is 23.9. The number of benzene rings is 6. The molecule has 0 N–H and O–H groups in total. The van der Waals surface area contributed by atoms with Gasteiger partial charge >= 0.3 is 0 Å². The first kappa shape index (κ1) is 25.8. The van der Waals surface area contributed by atoms with E-state index in [-0.39, 0.29) is 0 Å². The fourth-order valence-corrected chi connectivity index (χ4v) is 5.94. The van der Waals surface area contributed by atoms with Gasteiger partial charge in [0.05, 0.1) is 11.4 Å². The standard InChI is InChI=1S/C41H27N3/c1-3-13-35-31(8-1)10-5-15-37(35)40-26-39(43-41(44-40)38-16-6-11-32-9-2-4-14-36(32)38)33-23-21-29(22-24-33)28-17-19-30(20-18-28)34-12-7-25-42-27-34/h1-27H. The average molecular weight is 562 g/mol. The lowest BCUT2D eigenvalue weighted by Gasteiger charge is -2.13. The highest BCUT2D eigenvalue weighted by atomic mass is 14.9. The van der Waals surface area contributed by atoms with Gasteiger partial charge in [-0.15, -0.1) is 0 Å². The Labute approximate surface area is 256 Å². The van der Waals surface area contributed by atoms with Crippen molar-refractivity contribution in [2.45, 2.75) is 0 Å². The Balaban J connectivity index is 1.23. The van der Waals surface area contributed by atoms with Crippen molar-refractivity contribution in [2.75, 3.05) is 0 Å². The van der Waals surface area contributed by atoms with Gasteiger partial charge in [0.1, 0.15) is 0 Å². The number of hydrogen-bond donors (Lipinski definition) is 0. The molecule has 2 aromatic heterocycles. The van der Waals surface area contributed by atoms with E-state index in [0.29, 0.717) is 0 Å². The molecule has 8 aromatic rings. The summed E-state index contributed by atoms with van der Waals surface area (Å²) in [4.78, 5) is 14.6. The van der Waals surface area contributed by atoms with Gasteiger partial charge in [0.2, 0.25) is 0 Å². The lowest BCUT2D eigenvalue weighted by Crippen LogP contribution is -1.97. The Bertz CT molecular complexity index is 2150. The number of rotatable bonds is 5. The van der Waals surface area contributed by atoms with Crippen molar-refractivity contribution in [1.82, 2.24) is 15.0 Å². The van der Waals surface area contributed by atoms with Crippen LogP contribution in [0.25, 0.3) is 77.7 Å². The fraction of sp³-hybridized carbons (Fsp3) is 0. The molecule has 206 valence electrons. The number of aromatic nitrogens is 3. The van der Waals surface area contributed by atoms with Crippen LogP contribution in [0.2, 0.25) is 0 Å². The zero-order chi connectivity index (χ0) is 29.3. The minimum atomic E-state index is 0.720. The third-order valence-corrected chi connectivity index (χ3v) is 8.22. The van der Waals surface area contributed by atoms with Gasteiger partial charge in [-0.1, -0.05) is 140 Å².